The van der Waals surface area contributed by atoms with E-state index in [0.717, 1.165) is 31.6 Å². The molecule has 0 aromatic rings. The van der Waals surface area contributed by atoms with Crippen molar-refractivity contribution in [1.82, 2.24) is 0 Å². The van der Waals surface area contributed by atoms with Gasteiger partial charge in [0.25, 0.3) is 0 Å². The summed E-state index contributed by atoms with van der Waals surface area (Å²) < 4.78 is 57.5. The Morgan fingerprint density at radius 3 is 2.16 bits per heavy atom. The molecule has 0 heterocycles. The van der Waals surface area contributed by atoms with E-state index in [1.54, 1.807) is 5.57 Å². The van der Waals surface area contributed by atoms with Crippen LogP contribution in [0.2, 0.25) is 0 Å². The summed E-state index contributed by atoms with van der Waals surface area (Å²) in [7, 11) is -5.84. The Bertz CT molecular complexity index is 1070. The Morgan fingerprint density at radius 1 is 1.05 bits per heavy atom. The van der Waals surface area contributed by atoms with Gasteiger partial charge in [0.2, 0.25) is 0 Å². The smallest absolute Gasteiger partial charge is 0.393 e. The molecule has 4 rings (SSSR count). The standard InChI is InChI=1S/C27H46N2O.CHF3O3S/c1-17(7-10-23(28)29)18-11-15-27(6)20-8-9-21-24(2,3)22(30)13-14-25(21,4)19(20)12-16-26(18,27)5;2-1(3,4)8(5,6)7/h17-18,21-22,30H,7-16H2,1-6H3,(H3,28,29);(H,5,6,7)/t17-,18?,21?,22?,25?,26?,27+;/m1./s1. The van der Waals surface area contributed by atoms with E-state index in [1.165, 1.54) is 38.5 Å². The second kappa shape index (κ2) is 10.1. The van der Waals surface area contributed by atoms with Crippen LogP contribution < -0.4 is 5.73 Å². The lowest BCUT2D eigenvalue weighted by atomic mass is 9.43. The molecular weight excluding hydrogens is 517 g/mol. The molecule has 0 saturated heterocycles. The van der Waals surface area contributed by atoms with Crippen molar-refractivity contribution in [3.8, 4) is 0 Å². The van der Waals surface area contributed by atoms with Gasteiger partial charge in [-0.2, -0.15) is 21.6 Å². The lowest BCUT2D eigenvalue weighted by Crippen LogP contribution is -2.55. The van der Waals surface area contributed by atoms with Crippen LogP contribution in [0.4, 0.5) is 13.2 Å². The van der Waals surface area contributed by atoms with E-state index in [-0.39, 0.29) is 16.9 Å². The van der Waals surface area contributed by atoms with Gasteiger partial charge in [0.05, 0.1) is 11.9 Å². The maximum absolute atomic E-state index is 10.8. The molecule has 10 heteroatoms. The molecule has 5 N–H and O–H groups in total. The monoisotopic (exact) mass is 564 g/mol. The number of nitrogens with two attached hydrogens (primary N) is 1. The average molecular weight is 565 g/mol. The predicted molar refractivity (Wildman–Crippen MR) is 143 cm³/mol. The molecule has 0 bridgehead atoms. The van der Waals surface area contributed by atoms with Crippen molar-refractivity contribution in [1.29, 1.82) is 5.41 Å². The third-order valence-corrected chi connectivity index (χ3v) is 12.2. The zero-order valence-electron chi connectivity index (χ0n) is 23.7. The van der Waals surface area contributed by atoms with Gasteiger partial charge in [-0.15, -0.1) is 0 Å². The molecule has 0 radical (unpaired) electrons. The Morgan fingerprint density at radius 2 is 1.63 bits per heavy atom. The predicted octanol–water partition coefficient (Wildman–Crippen LogP) is 6.84. The van der Waals surface area contributed by atoms with Gasteiger partial charge in [-0.05, 0) is 97.2 Å². The Labute approximate surface area is 226 Å². The molecule has 0 aromatic heterocycles. The maximum Gasteiger partial charge on any atom is 0.522 e. The van der Waals surface area contributed by atoms with Crippen molar-refractivity contribution in [2.24, 2.45) is 45.1 Å². The van der Waals surface area contributed by atoms with Crippen LogP contribution in [0.1, 0.15) is 106 Å². The molecule has 0 aromatic carbocycles. The summed E-state index contributed by atoms with van der Waals surface area (Å²) in [4.78, 5) is 0. The number of amidine groups is 1. The highest BCUT2D eigenvalue weighted by atomic mass is 32.2. The van der Waals surface area contributed by atoms with E-state index in [1.807, 2.05) is 5.57 Å². The van der Waals surface area contributed by atoms with Gasteiger partial charge in [-0.1, -0.05) is 52.7 Å². The number of aliphatic hydroxyl groups excluding tert-OH is 1. The molecule has 4 aliphatic carbocycles. The molecule has 38 heavy (non-hydrogen) atoms. The van der Waals surface area contributed by atoms with Crippen LogP contribution in [0.5, 0.6) is 0 Å². The van der Waals surface area contributed by atoms with Crippen LogP contribution in [0.3, 0.4) is 0 Å². The Hall–Kier alpha value is -1.13. The number of allylic oxidation sites excluding steroid dienone is 2. The van der Waals surface area contributed by atoms with Gasteiger partial charge in [-0.25, -0.2) is 0 Å². The largest absolute Gasteiger partial charge is 0.522 e. The highest BCUT2D eigenvalue weighted by Gasteiger charge is 2.63. The fraction of sp³-hybridized carbons (Fsp3) is 0.893. The first-order chi connectivity index (χ1) is 17.1. The first-order valence-electron chi connectivity index (χ1n) is 13.9. The summed E-state index contributed by atoms with van der Waals surface area (Å²) in [5.74, 6) is 2.33. The minimum absolute atomic E-state index is 0.0204. The topological polar surface area (TPSA) is 124 Å². The summed E-state index contributed by atoms with van der Waals surface area (Å²) >= 11 is 0. The molecule has 2 fully saturated rings. The van der Waals surface area contributed by atoms with E-state index < -0.39 is 15.6 Å². The summed E-state index contributed by atoms with van der Waals surface area (Å²) in [6.07, 6.45) is 11.5. The zero-order chi connectivity index (χ0) is 29.1. The lowest BCUT2D eigenvalue weighted by Gasteiger charge is -2.62. The van der Waals surface area contributed by atoms with Gasteiger partial charge >= 0.3 is 15.6 Å². The highest BCUT2D eigenvalue weighted by Crippen LogP contribution is 2.72. The third-order valence-electron chi connectivity index (χ3n) is 11.6. The number of nitrogens with one attached hydrogen (secondary N) is 1. The van der Waals surface area contributed by atoms with Crippen molar-refractivity contribution >= 4 is 16.0 Å². The molecule has 0 spiro atoms. The summed E-state index contributed by atoms with van der Waals surface area (Å²) in [5.41, 5.74) is 4.76. The quantitative estimate of drug-likeness (QED) is 0.0978. The summed E-state index contributed by atoms with van der Waals surface area (Å²) in [6.45, 7) is 14.8. The van der Waals surface area contributed by atoms with E-state index in [4.69, 9.17) is 24.1 Å². The van der Waals surface area contributed by atoms with Crippen LogP contribution in [0.15, 0.2) is 11.1 Å². The molecule has 2 saturated carbocycles. The summed E-state index contributed by atoms with van der Waals surface area (Å²) in [5, 5.41) is 18.4. The fourth-order valence-corrected chi connectivity index (χ4v) is 9.21. The SMILES string of the molecule is C[C@H](CCC(=N)N)C1CC[C@@]2(C)C3=C(CCC12C)C1(C)CCC(O)C(C)(C)C1CC3.O=S(=O)(O)C(F)(F)F. The maximum atomic E-state index is 10.8. The van der Waals surface area contributed by atoms with Gasteiger partial charge in [0, 0.05) is 6.42 Å². The highest BCUT2D eigenvalue weighted by molar-refractivity contribution is 7.86. The van der Waals surface area contributed by atoms with Crippen LogP contribution >= 0.6 is 0 Å². The molecule has 7 atom stereocenters. The van der Waals surface area contributed by atoms with Crippen molar-refractivity contribution in [2.45, 2.75) is 117 Å². The number of rotatable bonds is 4. The molecule has 4 aliphatic rings. The number of halogens is 3. The first kappa shape index (κ1) is 31.4. The number of fused-ring (bicyclic) bond motifs is 4. The van der Waals surface area contributed by atoms with Gasteiger partial charge in [-0.3, -0.25) is 9.96 Å². The van der Waals surface area contributed by atoms with Crippen LogP contribution in [0, 0.1) is 44.8 Å². The van der Waals surface area contributed by atoms with Crippen LogP contribution in [-0.4, -0.2) is 35.5 Å². The molecule has 0 aliphatic heterocycles. The van der Waals surface area contributed by atoms with Crippen molar-refractivity contribution < 1.29 is 31.2 Å². The Balaban J connectivity index is 0.000000436. The minimum atomic E-state index is -5.84. The van der Waals surface area contributed by atoms with Crippen LogP contribution in [0.25, 0.3) is 0 Å². The van der Waals surface area contributed by atoms with E-state index in [0.29, 0.717) is 28.5 Å². The molecule has 5 unspecified atom stereocenters. The van der Waals surface area contributed by atoms with Crippen molar-refractivity contribution in [2.75, 3.05) is 0 Å². The number of aliphatic hydroxyl groups is 1. The van der Waals surface area contributed by atoms with Gasteiger partial charge in [0.15, 0.2) is 0 Å². The number of hydrogen-bond donors (Lipinski definition) is 4. The second-order valence-corrected chi connectivity index (χ2v) is 15.1. The van der Waals surface area contributed by atoms with Gasteiger partial charge < -0.3 is 10.8 Å². The zero-order valence-corrected chi connectivity index (χ0v) is 24.5. The average Bonchev–Trinajstić information content (AvgIpc) is 3.05. The van der Waals surface area contributed by atoms with E-state index in [9.17, 15) is 18.3 Å². The van der Waals surface area contributed by atoms with E-state index >= 15 is 0 Å². The normalized spacial score (nSPS) is 39.3. The van der Waals surface area contributed by atoms with Gasteiger partial charge in [0.1, 0.15) is 0 Å². The second-order valence-electron chi connectivity index (χ2n) is 13.7. The molecule has 0 amide bonds. The lowest BCUT2D eigenvalue weighted by molar-refractivity contribution is -0.0962. The van der Waals surface area contributed by atoms with Crippen molar-refractivity contribution in [3.05, 3.63) is 11.1 Å². The third kappa shape index (κ3) is 5.06. The van der Waals surface area contributed by atoms with Crippen molar-refractivity contribution in [3.63, 3.8) is 0 Å². The van der Waals surface area contributed by atoms with Crippen LogP contribution in [-0.2, 0) is 10.1 Å². The number of hydrogen-bond acceptors (Lipinski definition) is 4. The minimum Gasteiger partial charge on any atom is -0.393 e. The summed E-state index contributed by atoms with van der Waals surface area (Å²) in [6, 6.07) is 0. The molecular formula is C28H47F3N2O4S. The van der Waals surface area contributed by atoms with E-state index in [2.05, 4.69) is 41.5 Å². The number of alkyl halides is 3. The molecule has 6 nitrogen and oxygen atoms in total. The fourth-order valence-electron chi connectivity index (χ4n) is 9.21. The Kier molecular flexibility index (Phi) is 8.31. The first-order valence-corrected chi connectivity index (χ1v) is 15.3. The molecule has 220 valence electrons.